The first-order chi connectivity index (χ1) is 7.46. The fourth-order valence-corrected chi connectivity index (χ4v) is 3.33. The van der Waals surface area contributed by atoms with Crippen LogP contribution in [0.2, 0.25) is 0 Å². The average molecular weight is 247 g/mol. The number of nitrogens with one attached hydrogen (secondary N) is 1. The average Bonchev–Trinajstić information content (AvgIpc) is 2.27. The van der Waals surface area contributed by atoms with Crippen molar-refractivity contribution < 1.29 is 17.9 Å². The van der Waals surface area contributed by atoms with E-state index in [4.69, 9.17) is 4.74 Å². The second-order valence-electron chi connectivity index (χ2n) is 3.90. The van der Waals surface area contributed by atoms with Crippen molar-refractivity contribution in [3.8, 4) is 0 Å². The summed E-state index contributed by atoms with van der Waals surface area (Å²) in [6.45, 7) is 4.01. The zero-order valence-corrected chi connectivity index (χ0v) is 10.2. The molecule has 1 heterocycles. The molecule has 0 amide bonds. The maximum absolute atomic E-state index is 11.7. The van der Waals surface area contributed by atoms with E-state index in [0.717, 1.165) is 0 Å². The monoisotopic (exact) mass is 247 g/mol. The molecule has 0 aromatic rings. The summed E-state index contributed by atoms with van der Waals surface area (Å²) in [6.07, 6.45) is 2.15. The van der Waals surface area contributed by atoms with Gasteiger partial charge in [0.25, 0.3) is 0 Å². The molecule has 6 heteroatoms. The van der Waals surface area contributed by atoms with Gasteiger partial charge in [-0.2, -0.15) is 0 Å². The number of ether oxygens (including phenoxy) is 1. The Bertz CT molecular complexity index is 360. The van der Waals surface area contributed by atoms with Gasteiger partial charge in [0.05, 0.1) is 18.6 Å². The Balaban J connectivity index is 2.81. The highest BCUT2D eigenvalue weighted by atomic mass is 32.2. The van der Waals surface area contributed by atoms with Gasteiger partial charge in [0, 0.05) is 6.54 Å². The quantitative estimate of drug-likeness (QED) is 0.554. The van der Waals surface area contributed by atoms with Crippen molar-refractivity contribution in [3.05, 3.63) is 12.7 Å². The van der Waals surface area contributed by atoms with Crippen LogP contribution in [0.4, 0.5) is 0 Å². The van der Waals surface area contributed by atoms with Gasteiger partial charge in [0.1, 0.15) is 15.4 Å². The molecule has 0 unspecified atom stereocenters. The Morgan fingerprint density at radius 2 is 2.06 bits per heavy atom. The van der Waals surface area contributed by atoms with Crippen LogP contribution in [0.3, 0.4) is 0 Å². The predicted molar refractivity (Wildman–Crippen MR) is 60.8 cm³/mol. The van der Waals surface area contributed by atoms with Crippen LogP contribution >= 0.6 is 0 Å². The fraction of sp³-hybridized carbons (Fsp3) is 0.700. The topological polar surface area (TPSA) is 72.5 Å². The first-order valence-corrected chi connectivity index (χ1v) is 6.93. The van der Waals surface area contributed by atoms with E-state index in [1.165, 1.54) is 7.11 Å². The molecule has 0 bridgehead atoms. The smallest absolute Gasteiger partial charge is 0.326 e. The van der Waals surface area contributed by atoms with E-state index in [1.807, 2.05) is 0 Å². The Labute approximate surface area is 95.8 Å². The van der Waals surface area contributed by atoms with Crippen LogP contribution in [0.1, 0.15) is 12.8 Å². The number of sulfone groups is 1. The molecule has 16 heavy (non-hydrogen) atoms. The van der Waals surface area contributed by atoms with Gasteiger partial charge in [-0.3, -0.25) is 10.1 Å². The van der Waals surface area contributed by atoms with Crippen LogP contribution in [0, 0.1) is 0 Å². The van der Waals surface area contributed by atoms with Crippen LogP contribution in [-0.4, -0.2) is 45.1 Å². The van der Waals surface area contributed by atoms with Crippen molar-refractivity contribution >= 4 is 15.8 Å². The zero-order valence-electron chi connectivity index (χ0n) is 9.36. The second kappa shape index (κ2) is 4.97. The van der Waals surface area contributed by atoms with Gasteiger partial charge in [0.15, 0.2) is 0 Å². The fourth-order valence-electron chi connectivity index (χ4n) is 1.80. The summed E-state index contributed by atoms with van der Waals surface area (Å²) < 4.78 is 27.4. The molecule has 1 N–H and O–H groups in total. The van der Waals surface area contributed by atoms with E-state index in [-0.39, 0.29) is 24.3 Å². The molecule has 0 spiro atoms. The summed E-state index contributed by atoms with van der Waals surface area (Å²) in [4.78, 5) is 11.7. The number of methoxy groups -OCH3 is 1. The van der Waals surface area contributed by atoms with E-state index in [1.54, 1.807) is 6.08 Å². The molecule has 1 fully saturated rings. The Hall–Kier alpha value is -0.880. The van der Waals surface area contributed by atoms with Crippen molar-refractivity contribution in [1.82, 2.24) is 5.32 Å². The summed E-state index contributed by atoms with van der Waals surface area (Å²) in [5.74, 6) is -0.359. The third-order valence-electron chi connectivity index (χ3n) is 2.84. The molecule has 0 aliphatic carbocycles. The molecule has 0 aromatic carbocycles. The summed E-state index contributed by atoms with van der Waals surface area (Å²) in [5.41, 5.74) is -0.867. The molecular formula is C10H17NO4S. The van der Waals surface area contributed by atoms with E-state index in [9.17, 15) is 13.2 Å². The van der Waals surface area contributed by atoms with Crippen molar-refractivity contribution in [2.75, 3.05) is 25.2 Å². The van der Waals surface area contributed by atoms with Crippen LogP contribution in [0.5, 0.6) is 0 Å². The lowest BCUT2D eigenvalue weighted by molar-refractivity contribution is -0.149. The highest BCUT2D eigenvalue weighted by Gasteiger charge is 2.43. The number of rotatable bonds is 4. The van der Waals surface area contributed by atoms with Gasteiger partial charge < -0.3 is 4.74 Å². The Kier molecular flexibility index (Phi) is 4.09. The van der Waals surface area contributed by atoms with Crippen LogP contribution in [-0.2, 0) is 19.4 Å². The molecular weight excluding hydrogens is 230 g/mol. The van der Waals surface area contributed by atoms with Gasteiger partial charge in [-0.05, 0) is 12.8 Å². The normalized spacial score (nSPS) is 22.3. The lowest BCUT2D eigenvalue weighted by Gasteiger charge is -2.34. The zero-order chi connectivity index (χ0) is 12.2. The number of carbonyl (C=O) groups excluding carboxylic acids is 1. The van der Waals surface area contributed by atoms with Crippen molar-refractivity contribution in [2.45, 2.75) is 18.4 Å². The van der Waals surface area contributed by atoms with Crippen molar-refractivity contribution in [2.24, 2.45) is 0 Å². The predicted octanol–water partition coefficient (Wildman–Crippen LogP) is -0.118. The molecule has 1 saturated heterocycles. The van der Waals surface area contributed by atoms with Crippen molar-refractivity contribution in [3.63, 3.8) is 0 Å². The van der Waals surface area contributed by atoms with Gasteiger partial charge in [-0.15, -0.1) is 6.58 Å². The number of hydrogen-bond acceptors (Lipinski definition) is 5. The highest BCUT2D eigenvalue weighted by molar-refractivity contribution is 7.91. The van der Waals surface area contributed by atoms with Gasteiger partial charge >= 0.3 is 5.97 Å². The van der Waals surface area contributed by atoms with Crippen LogP contribution in [0.15, 0.2) is 12.7 Å². The number of carbonyl (C=O) groups is 1. The van der Waals surface area contributed by atoms with E-state index in [2.05, 4.69) is 11.9 Å². The van der Waals surface area contributed by atoms with Crippen LogP contribution < -0.4 is 5.32 Å². The highest BCUT2D eigenvalue weighted by Crippen LogP contribution is 2.25. The summed E-state index contributed by atoms with van der Waals surface area (Å²) >= 11 is 0. The molecule has 0 saturated carbocycles. The third-order valence-corrected chi connectivity index (χ3v) is 4.49. The Morgan fingerprint density at radius 3 is 2.50 bits per heavy atom. The second-order valence-corrected chi connectivity index (χ2v) is 6.20. The minimum atomic E-state index is -2.99. The lowest BCUT2D eigenvalue weighted by Crippen LogP contribution is -2.57. The molecule has 0 atom stereocenters. The minimum absolute atomic E-state index is 0.0201. The molecule has 0 aromatic heterocycles. The standard InChI is InChI=1S/C10H17NO4S/c1-3-6-11-10(9(12)15-2)4-7-16(13,14)8-5-10/h3,11H,1,4-8H2,2H3. The Morgan fingerprint density at radius 1 is 1.50 bits per heavy atom. The molecule has 1 rings (SSSR count). The molecule has 1 aliphatic heterocycles. The molecule has 5 nitrogen and oxygen atoms in total. The number of hydrogen-bond donors (Lipinski definition) is 1. The first-order valence-electron chi connectivity index (χ1n) is 5.10. The largest absolute Gasteiger partial charge is 0.468 e. The van der Waals surface area contributed by atoms with Gasteiger partial charge in [0.2, 0.25) is 0 Å². The van der Waals surface area contributed by atoms with E-state index >= 15 is 0 Å². The van der Waals surface area contributed by atoms with Crippen LogP contribution in [0.25, 0.3) is 0 Å². The SMILES string of the molecule is C=CCNC1(C(=O)OC)CCS(=O)(=O)CC1. The molecule has 92 valence electrons. The van der Waals surface area contributed by atoms with Gasteiger partial charge in [-0.1, -0.05) is 6.08 Å². The minimum Gasteiger partial charge on any atom is -0.468 e. The summed E-state index contributed by atoms with van der Waals surface area (Å²) in [5, 5.41) is 3.02. The third kappa shape index (κ3) is 2.82. The maximum atomic E-state index is 11.7. The summed E-state index contributed by atoms with van der Waals surface area (Å²) in [6, 6.07) is 0. The molecule has 1 aliphatic rings. The lowest BCUT2D eigenvalue weighted by atomic mass is 9.92. The van der Waals surface area contributed by atoms with Crippen molar-refractivity contribution in [1.29, 1.82) is 0 Å². The van der Waals surface area contributed by atoms with E-state index < -0.39 is 21.3 Å². The first kappa shape index (κ1) is 13.2. The maximum Gasteiger partial charge on any atom is 0.326 e. The van der Waals surface area contributed by atoms with Gasteiger partial charge in [-0.25, -0.2) is 8.42 Å². The van der Waals surface area contributed by atoms with E-state index in [0.29, 0.717) is 6.54 Å². The molecule has 0 radical (unpaired) electrons. The summed E-state index contributed by atoms with van der Waals surface area (Å²) in [7, 11) is -1.69. The number of esters is 1.